The normalized spacial score (nSPS) is 11.0. The lowest BCUT2D eigenvalue weighted by atomic mass is 10.1. The van der Waals surface area contributed by atoms with Gasteiger partial charge in [-0.3, -0.25) is 0 Å². The van der Waals surface area contributed by atoms with Crippen LogP contribution in [0.5, 0.6) is 5.75 Å². The Morgan fingerprint density at radius 2 is 1.89 bits per heavy atom. The second kappa shape index (κ2) is 5.16. The Kier molecular flexibility index (Phi) is 4.05. The highest BCUT2D eigenvalue weighted by Crippen LogP contribution is 2.35. The Balaban J connectivity index is 3.30. The van der Waals surface area contributed by atoms with Gasteiger partial charge in [0, 0.05) is 14.1 Å². The van der Waals surface area contributed by atoms with Gasteiger partial charge in [0.05, 0.1) is 18.4 Å². The second-order valence-electron chi connectivity index (χ2n) is 3.59. The first-order chi connectivity index (χ1) is 8.26. The molecule has 4 nitrogen and oxygen atoms in total. The van der Waals surface area contributed by atoms with Crippen molar-refractivity contribution in [3.8, 4) is 5.75 Å². The first-order valence-electron chi connectivity index (χ1n) is 4.90. The molecule has 0 fully saturated rings. The summed E-state index contributed by atoms with van der Waals surface area (Å²) < 4.78 is 45.1. The minimum Gasteiger partial charge on any atom is -0.465 e. The maximum atomic E-state index is 12.2. The van der Waals surface area contributed by atoms with Crippen LogP contribution in [0.3, 0.4) is 0 Å². The van der Waals surface area contributed by atoms with Crippen LogP contribution in [0.25, 0.3) is 0 Å². The highest BCUT2D eigenvalue weighted by Gasteiger charge is 2.33. The van der Waals surface area contributed by atoms with Gasteiger partial charge in [-0.2, -0.15) is 0 Å². The van der Waals surface area contributed by atoms with Gasteiger partial charge in [0.15, 0.2) is 5.75 Å². The molecule has 0 aliphatic rings. The summed E-state index contributed by atoms with van der Waals surface area (Å²) in [6.45, 7) is 0. The van der Waals surface area contributed by atoms with Crippen molar-refractivity contribution in [2.45, 2.75) is 6.36 Å². The van der Waals surface area contributed by atoms with Gasteiger partial charge in [-0.05, 0) is 12.1 Å². The third-order valence-corrected chi connectivity index (χ3v) is 2.08. The van der Waals surface area contributed by atoms with Crippen molar-refractivity contribution in [3.05, 3.63) is 23.8 Å². The van der Waals surface area contributed by atoms with E-state index in [0.29, 0.717) is 0 Å². The number of methoxy groups -OCH3 is 1. The van der Waals surface area contributed by atoms with E-state index in [4.69, 9.17) is 0 Å². The lowest BCUT2D eigenvalue weighted by Crippen LogP contribution is -2.21. The van der Waals surface area contributed by atoms with Gasteiger partial charge in [-0.25, -0.2) is 4.79 Å². The van der Waals surface area contributed by atoms with E-state index in [0.717, 1.165) is 13.2 Å². The van der Waals surface area contributed by atoms with Crippen molar-refractivity contribution in [1.82, 2.24) is 0 Å². The maximum absolute atomic E-state index is 12.2. The Hall–Kier alpha value is -1.92. The Morgan fingerprint density at radius 3 is 2.33 bits per heavy atom. The fraction of sp³-hybridized carbons (Fsp3) is 0.364. The summed E-state index contributed by atoms with van der Waals surface area (Å²) in [5.74, 6) is -1.18. The third-order valence-electron chi connectivity index (χ3n) is 2.08. The van der Waals surface area contributed by atoms with Crippen LogP contribution in [0.2, 0.25) is 0 Å². The molecule has 0 aliphatic carbocycles. The molecule has 1 aromatic carbocycles. The van der Waals surface area contributed by atoms with Crippen molar-refractivity contribution >= 4 is 11.7 Å². The molecule has 0 unspecified atom stereocenters. The highest BCUT2D eigenvalue weighted by atomic mass is 19.4. The van der Waals surface area contributed by atoms with E-state index >= 15 is 0 Å². The molecule has 0 saturated heterocycles. The van der Waals surface area contributed by atoms with Crippen molar-refractivity contribution in [3.63, 3.8) is 0 Å². The predicted molar refractivity (Wildman–Crippen MR) is 58.8 cm³/mol. The number of halogens is 3. The van der Waals surface area contributed by atoms with E-state index in [1.54, 1.807) is 0 Å². The SMILES string of the molecule is COC(=O)c1cccc(OC(F)(F)F)c1N(C)C. The van der Waals surface area contributed by atoms with Crippen LogP contribution >= 0.6 is 0 Å². The van der Waals surface area contributed by atoms with Crippen LogP contribution in [-0.4, -0.2) is 33.5 Å². The lowest BCUT2D eigenvalue weighted by Gasteiger charge is -2.21. The first kappa shape index (κ1) is 14.1. The first-order valence-corrected chi connectivity index (χ1v) is 4.90. The van der Waals surface area contributed by atoms with Crippen molar-refractivity contribution in [1.29, 1.82) is 0 Å². The molecule has 0 bridgehead atoms. The van der Waals surface area contributed by atoms with Crippen molar-refractivity contribution in [2.24, 2.45) is 0 Å². The minimum absolute atomic E-state index is 0.00394. The molecule has 18 heavy (non-hydrogen) atoms. The zero-order chi connectivity index (χ0) is 13.9. The summed E-state index contributed by atoms with van der Waals surface area (Å²) in [4.78, 5) is 12.8. The Morgan fingerprint density at radius 1 is 1.28 bits per heavy atom. The standard InChI is InChI=1S/C11H12F3NO3/c1-15(2)9-7(10(16)17-3)5-4-6-8(9)18-11(12,13)14/h4-6H,1-3H3. The van der Waals surface area contributed by atoms with E-state index in [1.165, 1.54) is 31.1 Å². The molecule has 0 N–H and O–H groups in total. The average molecular weight is 263 g/mol. The number of anilines is 1. The smallest absolute Gasteiger partial charge is 0.465 e. The summed E-state index contributed by atoms with van der Waals surface area (Å²) in [6.07, 6.45) is -4.82. The number of para-hydroxylation sites is 1. The second-order valence-corrected chi connectivity index (χ2v) is 3.59. The molecular formula is C11H12F3NO3. The predicted octanol–water partition coefficient (Wildman–Crippen LogP) is 2.44. The summed E-state index contributed by atoms with van der Waals surface area (Å²) in [5, 5.41) is 0. The average Bonchev–Trinajstić information content (AvgIpc) is 2.25. The highest BCUT2D eigenvalue weighted by molar-refractivity contribution is 5.97. The number of hydrogen-bond donors (Lipinski definition) is 0. The molecule has 1 rings (SSSR count). The minimum atomic E-state index is -4.82. The monoisotopic (exact) mass is 263 g/mol. The van der Waals surface area contributed by atoms with Crippen molar-refractivity contribution in [2.75, 3.05) is 26.1 Å². The number of carbonyl (C=O) groups excluding carboxylic acids is 1. The fourth-order valence-electron chi connectivity index (χ4n) is 1.47. The van der Waals surface area contributed by atoms with Gasteiger partial charge in [0.2, 0.25) is 0 Å². The molecule has 100 valence electrons. The maximum Gasteiger partial charge on any atom is 0.573 e. The molecule has 1 aromatic rings. The van der Waals surface area contributed by atoms with Crippen molar-refractivity contribution < 1.29 is 27.4 Å². The van der Waals surface area contributed by atoms with Crippen LogP contribution in [0.4, 0.5) is 18.9 Å². The van der Waals surface area contributed by atoms with Gasteiger partial charge < -0.3 is 14.4 Å². The van der Waals surface area contributed by atoms with Gasteiger partial charge >= 0.3 is 12.3 Å². The number of hydrogen-bond acceptors (Lipinski definition) is 4. The van der Waals surface area contributed by atoms with Gasteiger partial charge in [-0.15, -0.1) is 13.2 Å². The number of benzene rings is 1. The molecule has 0 spiro atoms. The lowest BCUT2D eigenvalue weighted by molar-refractivity contribution is -0.274. The summed E-state index contributed by atoms with van der Waals surface area (Å²) >= 11 is 0. The van der Waals surface area contributed by atoms with E-state index in [9.17, 15) is 18.0 Å². The third kappa shape index (κ3) is 3.28. The summed E-state index contributed by atoms with van der Waals surface area (Å²) in [5.41, 5.74) is 0.0194. The van der Waals surface area contributed by atoms with Crippen LogP contribution in [-0.2, 0) is 4.74 Å². The van der Waals surface area contributed by atoms with Crippen LogP contribution in [0, 0.1) is 0 Å². The molecule has 0 radical (unpaired) electrons. The molecule has 0 aliphatic heterocycles. The summed E-state index contributed by atoms with van der Waals surface area (Å²) in [6, 6.07) is 3.79. The van der Waals surface area contributed by atoms with Gasteiger partial charge in [0.1, 0.15) is 0 Å². The molecular weight excluding hydrogens is 251 g/mol. The van der Waals surface area contributed by atoms with E-state index in [1.807, 2.05) is 0 Å². The van der Waals surface area contributed by atoms with E-state index in [-0.39, 0.29) is 11.3 Å². The number of rotatable bonds is 3. The molecule has 0 saturated carbocycles. The number of ether oxygens (including phenoxy) is 2. The quantitative estimate of drug-likeness (QED) is 0.785. The molecule has 0 amide bonds. The molecule has 7 heteroatoms. The van der Waals surface area contributed by atoms with Crippen LogP contribution < -0.4 is 9.64 Å². The zero-order valence-corrected chi connectivity index (χ0v) is 10.0. The van der Waals surface area contributed by atoms with E-state index in [2.05, 4.69) is 9.47 Å². The van der Waals surface area contributed by atoms with Gasteiger partial charge in [0.25, 0.3) is 0 Å². The number of esters is 1. The largest absolute Gasteiger partial charge is 0.573 e. The summed E-state index contributed by atoms with van der Waals surface area (Å²) in [7, 11) is 4.16. The Bertz CT molecular complexity index is 444. The topological polar surface area (TPSA) is 38.8 Å². The fourth-order valence-corrected chi connectivity index (χ4v) is 1.47. The number of nitrogens with zero attached hydrogens (tertiary/aromatic N) is 1. The zero-order valence-electron chi connectivity index (χ0n) is 10.0. The molecule has 0 aromatic heterocycles. The number of alkyl halides is 3. The Labute approximate surface area is 102 Å². The molecule has 0 atom stereocenters. The van der Waals surface area contributed by atoms with Gasteiger partial charge in [-0.1, -0.05) is 6.07 Å². The number of carbonyl (C=O) groups is 1. The van der Waals surface area contributed by atoms with Crippen LogP contribution in [0.15, 0.2) is 18.2 Å². The molecule has 0 heterocycles. The van der Waals surface area contributed by atoms with E-state index < -0.39 is 18.1 Å². The van der Waals surface area contributed by atoms with Crippen LogP contribution in [0.1, 0.15) is 10.4 Å².